The number of hydrogen-bond acceptors (Lipinski definition) is 2. The minimum Gasteiger partial charge on any atom is -0.478 e. The summed E-state index contributed by atoms with van der Waals surface area (Å²) in [5.41, 5.74) is -1.10. The number of rotatable bonds is 4. The first-order valence-electron chi connectivity index (χ1n) is 5.58. The van der Waals surface area contributed by atoms with Crippen LogP contribution in [0.3, 0.4) is 0 Å². The first-order valence-corrected chi connectivity index (χ1v) is 5.58. The van der Waals surface area contributed by atoms with Crippen LogP contribution in [0.4, 0.5) is 19.3 Å². The molecule has 1 rings (SSSR count). The first kappa shape index (κ1) is 14.9. The SMILES string of the molecule is CC(C)CNC(=O)Nc1cc(C(=O)O)c(F)cc1F. The van der Waals surface area contributed by atoms with Crippen molar-refractivity contribution >= 4 is 17.7 Å². The Kier molecular flexibility index (Phi) is 4.80. The highest BCUT2D eigenvalue weighted by atomic mass is 19.1. The van der Waals surface area contributed by atoms with Crippen molar-refractivity contribution in [2.75, 3.05) is 11.9 Å². The lowest BCUT2D eigenvalue weighted by Crippen LogP contribution is -2.32. The molecule has 0 aliphatic rings. The smallest absolute Gasteiger partial charge is 0.338 e. The molecule has 0 fully saturated rings. The Morgan fingerprint density at radius 1 is 1.26 bits per heavy atom. The maximum atomic E-state index is 13.4. The predicted molar refractivity (Wildman–Crippen MR) is 65.2 cm³/mol. The molecule has 0 aliphatic heterocycles. The Hall–Kier alpha value is -2.18. The van der Waals surface area contributed by atoms with E-state index >= 15 is 0 Å². The van der Waals surface area contributed by atoms with E-state index in [1.54, 1.807) is 0 Å². The van der Waals surface area contributed by atoms with Crippen LogP contribution in [0.1, 0.15) is 24.2 Å². The van der Waals surface area contributed by atoms with Crippen LogP contribution < -0.4 is 10.6 Å². The lowest BCUT2D eigenvalue weighted by atomic mass is 10.2. The van der Waals surface area contributed by atoms with E-state index in [1.807, 2.05) is 13.8 Å². The zero-order valence-electron chi connectivity index (χ0n) is 10.5. The number of carbonyl (C=O) groups is 2. The number of carbonyl (C=O) groups excluding carboxylic acids is 1. The first-order chi connectivity index (χ1) is 8.81. The minimum atomic E-state index is -1.54. The highest BCUT2D eigenvalue weighted by Crippen LogP contribution is 2.19. The molecule has 7 heteroatoms. The highest BCUT2D eigenvalue weighted by molar-refractivity contribution is 5.93. The summed E-state index contributed by atoms with van der Waals surface area (Å²) >= 11 is 0. The molecule has 0 unspecified atom stereocenters. The van der Waals surface area contributed by atoms with Crippen molar-refractivity contribution < 1.29 is 23.5 Å². The van der Waals surface area contributed by atoms with Crippen molar-refractivity contribution in [3.05, 3.63) is 29.3 Å². The monoisotopic (exact) mass is 272 g/mol. The molecule has 5 nitrogen and oxygen atoms in total. The van der Waals surface area contributed by atoms with Crippen molar-refractivity contribution in [1.29, 1.82) is 0 Å². The van der Waals surface area contributed by atoms with E-state index in [9.17, 15) is 18.4 Å². The van der Waals surface area contributed by atoms with Gasteiger partial charge < -0.3 is 15.7 Å². The molecule has 0 atom stereocenters. The molecular weight excluding hydrogens is 258 g/mol. The van der Waals surface area contributed by atoms with Crippen LogP contribution in [0.25, 0.3) is 0 Å². The van der Waals surface area contributed by atoms with E-state index in [0.29, 0.717) is 12.6 Å². The van der Waals surface area contributed by atoms with E-state index < -0.39 is 29.2 Å². The van der Waals surface area contributed by atoms with Gasteiger partial charge in [0.15, 0.2) is 0 Å². The summed E-state index contributed by atoms with van der Waals surface area (Å²) in [5.74, 6) is -3.57. The number of hydrogen-bond donors (Lipinski definition) is 3. The summed E-state index contributed by atoms with van der Waals surface area (Å²) in [4.78, 5) is 22.1. The van der Waals surface area contributed by atoms with Crippen molar-refractivity contribution in [2.24, 2.45) is 5.92 Å². The van der Waals surface area contributed by atoms with Crippen LogP contribution in [0.2, 0.25) is 0 Å². The van der Waals surface area contributed by atoms with Crippen molar-refractivity contribution in [3.63, 3.8) is 0 Å². The second-order valence-electron chi connectivity index (χ2n) is 4.35. The number of carboxylic acids is 1. The van der Waals surface area contributed by atoms with E-state index in [4.69, 9.17) is 5.11 Å². The molecular formula is C12H14F2N2O3. The maximum Gasteiger partial charge on any atom is 0.338 e. The fourth-order valence-electron chi connectivity index (χ4n) is 1.27. The average Bonchev–Trinajstić information content (AvgIpc) is 2.29. The summed E-state index contributed by atoms with van der Waals surface area (Å²) < 4.78 is 26.5. The molecule has 0 aliphatic carbocycles. The van der Waals surface area contributed by atoms with Gasteiger partial charge in [0.1, 0.15) is 11.6 Å². The number of benzene rings is 1. The van der Waals surface area contributed by atoms with E-state index in [2.05, 4.69) is 10.6 Å². The molecule has 0 radical (unpaired) electrons. The molecule has 3 N–H and O–H groups in total. The molecule has 0 spiro atoms. The number of aromatic carboxylic acids is 1. The molecule has 0 bridgehead atoms. The fourth-order valence-corrected chi connectivity index (χ4v) is 1.27. The number of amides is 2. The third-order valence-corrected chi connectivity index (χ3v) is 2.21. The van der Waals surface area contributed by atoms with Crippen molar-refractivity contribution in [3.8, 4) is 0 Å². The lowest BCUT2D eigenvalue weighted by molar-refractivity contribution is 0.0692. The Labute approximate surface area is 108 Å². The van der Waals surface area contributed by atoms with Crippen LogP contribution >= 0.6 is 0 Å². The quantitative estimate of drug-likeness (QED) is 0.787. The van der Waals surface area contributed by atoms with Crippen LogP contribution in [0, 0.1) is 17.6 Å². The van der Waals surface area contributed by atoms with Gasteiger partial charge in [0, 0.05) is 12.6 Å². The molecule has 2 amide bonds. The number of nitrogens with one attached hydrogen (secondary N) is 2. The molecule has 0 saturated carbocycles. The van der Waals surface area contributed by atoms with Crippen molar-refractivity contribution in [2.45, 2.75) is 13.8 Å². The van der Waals surface area contributed by atoms with Crippen LogP contribution in [0.5, 0.6) is 0 Å². The Morgan fingerprint density at radius 3 is 2.42 bits per heavy atom. The van der Waals surface area contributed by atoms with Gasteiger partial charge >= 0.3 is 12.0 Å². The zero-order valence-corrected chi connectivity index (χ0v) is 10.5. The van der Waals surface area contributed by atoms with Gasteiger partial charge in [0.2, 0.25) is 0 Å². The normalized spacial score (nSPS) is 10.4. The molecule has 104 valence electrons. The van der Waals surface area contributed by atoms with Gasteiger partial charge in [-0.15, -0.1) is 0 Å². The standard InChI is InChI=1S/C12H14F2N2O3/c1-6(2)5-15-12(19)16-10-3-7(11(17)18)8(13)4-9(10)14/h3-4,6H,5H2,1-2H3,(H,17,18)(H2,15,16,19). The summed E-state index contributed by atoms with van der Waals surface area (Å²) in [5, 5.41) is 13.3. The van der Waals surface area contributed by atoms with Gasteiger partial charge in [0.05, 0.1) is 11.3 Å². The maximum absolute atomic E-state index is 13.4. The van der Waals surface area contributed by atoms with Crippen LogP contribution in [0.15, 0.2) is 12.1 Å². The van der Waals surface area contributed by atoms with Gasteiger partial charge in [-0.1, -0.05) is 13.8 Å². The fraction of sp³-hybridized carbons (Fsp3) is 0.333. The van der Waals surface area contributed by atoms with Gasteiger partial charge in [-0.05, 0) is 12.0 Å². The molecule has 0 saturated heterocycles. The molecule has 19 heavy (non-hydrogen) atoms. The summed E-state index contributed by atoms with van der Waals surface area (Å²) in [7, 11) is 0. The van der Waals surface area contributed by atoms with Crippen molar-refractivity contribution in [1.82, 2.24) is 5.32 Å². The highest BCUT2D eigenvalue weighted by Gasteiger charge is 2.16. The third kappa shape index (κ3) is 4.20. The number of anilines is 1. The minimum absolute atomic E-state index is 0.207. The van der Waals surface area contributed by atoms with E-state index in [-0.39, 0.29) is 11.6 Å². The largest absolute Gasteiger partial charge is 0.478 e. The second-order valence-corrected chi connectivity index (χ2v) is 4.35. The Morgan fingerprint density at radius 2 is 1.89 bits per heavy atom. The lowest BCUT2D eigenvalue weighted by Gasteiger charge is -2.10. The van der Waals surface area contributed by atoms with Crippen LogP contribution in [-0.4, -0.2) is 23.7 Å². The Balaban J connectivity index is 2.86. The summed E-state index contributed by atoms with van der Waals surface area (Å²) in [6.45, 7) is 4.13. The summed E-state index contributed by atoms with van der Waals surface area (Å²) in [6.07, 6.45) is 0. The molecule has 1 aromatic rings. The molecule has 0 aromatic heterocycles. The number of urea groups is 1. The number of halogens is 2. The second kappa shape index (κ2) is 6.12. The van der Waals surface area contributed by atoms with Gasteiger partial charge in [0.25, 0.3) is 0 Å². The average molecular weight is 272 g/mol. The zero-order chi connectivity index (χ0) is 14.6. The van der Waals surface area contributed by atoms with E-state index in [1.165, 1.54) is 0 Å². The number of carboxylic acid groups (broad SMARTS) is 1. The topological polar surface area (TPSA) is 78.4 Å². The van der Waals surface area contributed by atoms with Gasteiger partial charge in [-0.2, -0.15) is 0 Å². The third-order valence-electron chi connectivity index (χ3n) is 2.21. The molecule has 0 heterocycles. The van der Waals surface area contributed by atoms with Gasteiger partial charge in [-0.3, -0.25) is 0 Å². The Bertz CT molecular complexity index is 504. The summed E-state index contributed by atoms with van der Waals surface area (Å²) in [6, 6.07) is 0.472. The van der Waals surface area contributed by atoms with Crippen LogP contribution in [-0.2, 0) is 0 Å². The van der Waals surface area contributed by atoms with Gasteiger partial charge in [-0.25, -0.2) is 18.4 Å². The predicted octanol–water partition coefficient (Wildman–Crippen LogP) is 2.44. The molecule has 1 aromatic carbocycles. The van der Waals surface area contributed by atoms with E-state index in [0.717, 1.165) is 6.07 Å².